The van der Waals surface area contributed by atoms with Gasteiger partial charge in [-0.05, 0) is 33.3 Å². The van der Waals surface area contributed by atoms with E-state index in [4.69, 9.17) is 0 Å². The summed E-state index contributed by atoms with van der Waals surface area (Å²) >= 11 is 0. The van der Waals surface area contributed by atoms with Crippen LogP contribution in [0, 0.1) is 0 Å². The lowest BCUT2D eigenvalue weighted by atomic mass is 9.87. The van der Waals surface area contributed by atoms with Crippen LogP contribution < -0.4 is 5.32 Å². The van der Waals surface area contributed by atoms with Gasteiger partial charge in [-0.25, -0.2) is 0 Å². The monoisotopic (exact) mass is 165 g/mol. The van der Waals surface area contributed by atoms with E-state index in [1.807, 2.05) is 27.7 Å². The Morgan fingerprint density at radius 3 is 2.17 bits per heavy atom. The minimum Gasteiger partial charge on any atom is -0.377 e. The van der Waals surface area contributed by atoms with E-state index in [-0.39, 0.29) is 11.3 Å². The molecule has 0 spiro atoms. The third-order valence-electron chi connectivity index (χ3n) is 1.83. The molecule has 0 aromatic heterocycles. The smallest absolute Gasteiger partial charge is 0.208 e. The lowest BCUT2D eigenvalue weighted by Gasteiger charge is -2.30. The van der Waals surface area contributed by atoms with E-state index in [0.717, 1.165) is 11.3 Å². The quantitative estimate of drug-likeness (QED) is 0.600. The largest absolute Gasteiger partial charge is 0.377 e. The molecule has 0 amide bonds. The number of rotatable bonds is 1. The molecule has 2 nitrogen and oxygen atoms in total. The second kappa shape index (κ2) is 2.47. The second-order valence-corrected chi connectivity index (χ2v) is 4.18. The zero-order valence-corrected chi connectivity index (χ0v) is 8.12. The minimum atomic E-state index is -0.0487. The number of ketones is 1. The molecule has 0 unspecified atom stereocenters. The van der Waals surface area contributed by atoms with Crippen molar-refractivity contribution in [3.05, 3.63) is 23.4 Å². The van der Waals surface area contributed by atoms with Gasteiger partial charge in [0.15, 0.2) is 0 Å². The van der Waals surface area contributed by atoms with Crippen molar-refractivity contribution in [3.63, 3.8) is 0 Å². The number of hydrogen-bond acceptors (Lipinski definition) is 2. The fourth-order valence-electron chi connectivity index (χ4n) is 1.11. The Bertz CT molecular complexity index is 279. The van der Waals surface area contributed by atoms with E-state index < -0.39 is 0 Å². The number of carbonyl (C=O) groups excluding carboxylic acids is 1. The van der Waals surface area contributed by atoms with Gasteiger partial charge in [-0.3, -0.25) is 4.79 Å². The lowest BCUT2D eigenvalue weighted by molar-refractivity contribution is -0.113. The third-order valence-corrected chi connectivity index (χ3v) is 1.83. The van der Waals surface area contributed by atoms with Crippen molar-refractivity contribution < 1.29 is 4.79 Å². The van der Waals surface area contributed by atoms with Crippen LogP contribution in [0.4, 0.5) is 0 Å². The molecule has 1 rings (SSSR count). The minimum absolute atomic E-state index is 0.0487. The van der Waals surface area contributed by atoms with Crippen LogP contribution >= 0.6 is 0 Å². The fraction of sp³-hybridized carbons (Fsp3) is 0.500. The Hall–Kier alpha value is -1.05. The molecular weight excluding hydrogens is 150 g/mol. The molecule has 0 aromatic rings. The topological polar surface area (TPSA) is 29.1 Å². The summed E-state index contributed by atoms with van der Waals surface area (Å²) in [5, 5.41) is 3.15. The first-order chi connectivity index (χ1) is 5.33. The summed E-state index contributed by atoms with van der Waals surface area (Å²) in [5.41, 5.74) is 2.32. The summed E-state index contributed by atoms with van der Waals surface area (Å²) in [4.78, 5) is 11.2. The van der Waals surface area contributed by atoms with Crippen molar-refractivity contribution in [2.75, 3.05) is 0 Å². The van der Waals surface area contributed by atoms with Crippen LogP contribution in [0.1, 0.15) is 27.7 Å². The van der Waals surface area contributed by atoms with Gasteiger partial charge in [-0.2, -0.15) is 0 Å². The predicted molar refractivity (Wildman–Crippen MR) is 49.7 cm³/mol. The fourth-order valence-corrected chi connectivity index (χ4v) is 1.11. The number of allylic oxidation sites excluding steroid dienone is 2. The first kappa shape index (κ1) is 9.04. The Kier molecular flexibility index (Phi) is 1.86. The highest BCUT2D eigenvalue weighted by Crippen LogP contribution is 2.27. The molecule has 0 heterocycles. The van der Waals surface area contributed by atoms with Crippen LogP contribution in [-0.2, 0) is 4.79 Å². The van der Waals surface area contributed by atoms with Crippen molar-refractivity contribution in [2.45, 2.75) is 33.2 Å². The van der Waals surface area contributed by atoms with Gasteiger partial charge in [0.05, 0.1) is 5.70 Å². The zero-order valence-electron chi connectivity index (χ0n) is 8.12. The third kappa shape index (κ3) is 1.42. The highest BCUT2D eigenvalue weighted by atomic mass is 16.1. The van der Waals surface area contributed by atoms with Crippen molar-refractivity contribution in [3.8, 4) is 0 Å². The van der Waals surface area contributed by atoms with E-state index in [1.165, 1.54) is 0 Å². The Morgan fingerprint density at radius 1 is 1.33 bits per heavy atom. The molecule has 0 aliphatic heterocycles. The van der Waals surface area contributed by atoms with Crippen LogP contribution in [0.15, 0.2) is 23.4 Å². The second-order valence-electron chi connectivity index (χ2n) is 4.18. The number of nitrogens with one attached hydrogen (secondary N) is 1. The number of Topliss-reactive ketones (excluding diaryl/α,β-unsaturated/α-hetero) is 1. The molecule has 0 bridgehead atoms. The molecular formula is C10H15NO. The summed E-state index contributed by atoms with van der Waals surface area (Å²) in [6.45, 7) is 11.7. The van der Waals surface area contributed by atoms with Crippen molar-refractivity contribution in [1.82, 2.24) is 5.32 Å². The summed E-state index contributed by atoms with van der Waals surface area (Å²) < 4.78 is 0. The van der Waals surface area contributed by atoms with Gasteiger partial charge >= 0.3 is 0 Å². The summed E-state index contributed by atoms with van der Waals surface area (Å²) in [5.74, 6) is 0.0578. The predicted octanol–water partition coefficient (Wildman–Crippen LogP) is 1.79. The molecule has 2 heteroatoms. The van der Waals surface area contributed by atoms with Gasteiger partial charge in [0.25, 0.3) is 0 Å². The molecule has 0 aromatic carbocycles. The van der Waals surface area contributed by atoms with E-state index in [2.05, 4.69) is 11.9 Å². The maximum atomic E-state index is 11.2. The van der Waals surface area contributed by atoms with Gasteiger partial charge in [0, 0.05) is 11.1 Å². The molecule has 0 atom stereocenters. The Labute approximate surface area is 73.4 Å². The Balaban J connectivity index is 2.81. The zero-order chi connectivity index (χ0) is 9.52. The van der Waals surface area contributed by atoms with Gasteiger partial charge in [-0.1, -0.05) is 6.58 Å². The highest BCUT2D eigenvalue weighted by Gasteiger charge is 2.30. The molecule has 1 aliphatic rings. The number of hydrogen-bond donors (Lipinski definition) is 1. The van der Waals surface area contributed by atoms with Crippen LogP contribution in [0.25, 0.3) is 0 Å². The van der Waals surface area contributed by atoms with Crippen molar-refractivity contribution >= 4 is 5.78 Å². The maximum Gasteiger partial charge on any atom is 0.208 e. The summed E-state index contributed by atoms with van der Waals surface area (Å²) in [7, 11) is 0. The van der Waals surface area contributed by atoms with Crippen LogP contribution in [0.5, 0.6) is 0 Å². The SMILES string of the molecule is C=C1C(=O)C(NC(C)(C)C)=C1C. The van der Waals surface area contributed by atoms with Crippen LogP contribution in [0.3, 0.4) is 0 Å². The average Bonchev–Trinajstić information content (AvgIpc) is 1.96. The van der Waals surface area contributed by atoms with Gasteiger partial charge < -0.3 is 5.32 Å². The van der Waals surface area contributed by atoms with Gasteiger partial charge in [-0.15, -0.1) is 0 Å². The molecule has 0 fully saturated rings. The molecule has 0 saturated carbocycles. The molecule has 66 valence electrons. The Morgan fingerprint density at radius 2 is 1.83 bits per heavy atom. The van der Waals surface area contributed by atoms with Crippen molar-refractivity contribution in [1.29, 1.82) is 0 Å². The summed E-state index contributed by atoms with van der Waals surface area (Å²) in [6.07, 6.45) is 0. The number of carbonyl (C=O) groups is 1. The van der Waals surface area contributed by atoms with Gasteiger partial charge in [0.2, 0.25) is 5.78 Å². The summed E-state index contributed by atoms with van der Waals surface area (Å²) in [6, 6.07) is 0. The van der Waals surface area contributed by atoms with Crippen molar-refractivity contribution in [2.24, 2.45) is 0 Å². The van der Waals surface area contributed by atoms with E-state index in [0.29, 0.717) is 5.57 Å². The average molecular weight is 165 g/mol. The van der Waals surface area contributed by atoms with Crippen LogP contribution in [0.2, 0.25) is 0 Å². The molecule has 1 N–H and O–H groups in total. The van der Waals surface area contributed by atoms with E-state index in [1.54, 1.807) is 0 Å². The van der Waals surface area contributed by atoms with E-state index in [9.17, 15) is 4.79 Å². The molecule has 12 heavy (non-hydrogen) atoms. The first-order valence-electron chi connectivity index (χ1n) is 4.06. The van der Waals surface area contributed by atoms with Crippen LogP contribution in [-0.4, -0.2) is 11.3 Å². The van der Waals surface area contributed by atoms with E-state index >= 15 is 0 Å². The maximum absolute atomic E-state index is 11.2. The standard InChI is InChI=1S/C10H15NO/c1-6-7(2)9(12)8(6)11-10(3,4)5/h11H,2H2,1,3-5H3. The van der Waals surface area contributed by atoms with Gasteiger partial charge in [0.1, 0.15) is 0 Å². The molecule has 0 saturated heterocycles. The molecule has 1 aliphatic carbocycles. The highest BCUT2D eigenvalue weighted by molar-refractivity contribution is 6.18. The molecule has 0 radical (unpaired) electrons. The first-order valence-corrected chi connectivity index (χ1v) is 4.06. The normalized spacial score (nSPS) is 18.0. The lowest BCUT2D eigenvalue weighted by Crippen LogP contribution is -2.42.